The van der Waals surface area contributed by atoms with Crippen LogP contribution in [0, 0.1) is 0 Å². The second-order valence-corrected chi connectivity index (χ2v) is 7.91. The molecule has 0 fully saturated rings. The van der Waals surface area contributed by atoms with Crippen LogP contribution in [0.5, 0.6) is 0 Å². The van der Waals surface area contributed by atoms with E-state index in [1.807, 2.05) is 39.0 Å². The molecular formula is C22H26N4O3. The molecule has 2 aromatic heterocycles. The van der Waals surface area contributed by atoms with Gasteiger partial charge in [-0.3, -0.25) is 9.78 Å². The number of carbonyl (C=O) groups excluding carboxylic acids is 2. The molecule has 0 unspecified atom stereocenters. The van der Waals surface area contributed by atoms with Crippen molar-refractivity contribution in [2.45, 2.75) is 39.2 Å². The molecule has 0 radical (unpaired) electrons. The van der Waals surface area contributed by atoms with Crippen molar-refractivity contribution < 1.29 is 14.3 Å². The fourth-order valence-corrected chi connectivity index (χ4v) is 2.94. The van der Waals surface area contributed by atoms with Crippen molar-refractivity contribution in [3.05, 3.63) is 60.1 Å². The minimum absolute atomic E-state index is 0.147. The van der Waals surface area contributed by atoms with Gasteiger partial charge in [-0.15, -0.1) is 0 Å². The van der Waals surface area contributed by atoms with Gasteiger partial charge in [0.1, 0.15) is 11.4 Å². The summed E-state index contributed by atoms with van der Waals surface area (Å²) in [6, 6.07) is 9.12. The average Bonchev–Trinajstić information content (AvgIpc) is 2.68. The molecule has 152 valence electrons. The summed E-state index contributed by atoms with van der Waals surface area (Å²) in [4.78, 5) is 34.7. The van der Waals surface area contributed by atoms with E-state index < -0.39 is 5.60 Å². The van der Waals surface area contributed by atoms with Crippen molar-refractivity contribution in [2.75, 3.05) is 18.4 Å². The van der Waals surface area contributed by atoms with Crippen LogP contribution in [0.2, 0.25) is 0 Å². The molecule has 3 heterocycles. The molecule has 1 aliphatic rings. The first kappa shape index (κ1) is 20.5. The lowest BCUT2D eigenvalue weighted by Crippen LogP contribution is -2.39. The summed E-state index contributed by atoms with van der Waals surface area (Å²) in [6.45, 7) is 6.66. The number of carbonyl (C=O) groups is 2. The van der Waals surface area contributed by atoms with Gasteiger partial charge in [0.15, 0.2) is 0 Å². The molecule has 2 amide bonds. The lowest BCUT2D eigenvalue weighted by molar-refractivity contribution is -0.115. The Labute approximate surface area is 170 Å². The molecule has 7 heteroatoms. The van der Waals surface area contributed by atoms with E-state index in [9.17, 15) is 9.59 Å². The predicted octanol–water partition coefficient (Wildman–Crippen LogP) is 3.68. The zero-order valence-electron chi connectivity index (χ0n) is 17.0. The first-order valence-corrected chi connectivity index (χ1v) is 9.63. The van der Waals surface area contributed by atoms with E-state index in [4.69, 9.17) is 4.74 Å². The zero-order chi connectivity index (χ0) is 20.9. The largest absolute Gasteiger partial charge is 0.444 e. The minimum Gasteiger partial charge on any atom is -0.444 e. The third-order valence-electron chi connectivity index (χ3n) is 4.25. The molecule has 0 saturated carbocycles. The highest BCUT2D eigenvalue weighted by atomic mass is 16.6. The standard InChI is InChI=1S/C22H26N4O3/c1-22(2,3)29-21(28)26-12-6-7-17(15-26)18-10-9-16(14-24-18)13-20(27)25-19-8-4-5-11-23-19/h4-5,7-11,14H,6,12-13,15H2,1-3H3,(H,23,25,27). The third kappa shape index (κ3) is 6.14. The van der Waals surface area contributed by atoms with E-state index in [0.717, 1.165) is 23.3 Å². The summed E-state index contributed by atoms with van der Waals surface area (Å²) in [5.41, 5.74) is 2.06. The lowest BCUT2D eigenvalue weighted by atomic mass is 10.0. The Morgan fingerprint density at radius 1 is 1.17 bits per heavy atom. The summed E-state index contributed by atoms with van der Waals surface area (Å²) in [6.07, 6.45) is 6.07. The van der Waals surface area contributed by atoms with E-state index in [1.165, 1.54) is 0 Å². The van der Waals surface area contributed by atoms with Crippen molar-refractivity contribution in [3.8, 4) is 0 Å². The first-order chi connectivity index (χ1) is 13.8. The number of pyridine rings is 2. The maximum Gasteiger partial charge on any atom is 0.410 e. The quantitative estimate of drug-likeness (QED) is 0.855. The Hall–Kier alpha value is -3.22. The Morgan fingerprint density at radius 2 is 2.00 bits per heavy atom. The molecule has 0 atom stereocenters. The molecule has 0 bridgehead atoms. The highest BCUT2D eigenvalue weighted by molar-refractivity contribution is 5.91. The van der Waals surface area contributed by atoms with Gasteiger partial charge in [0.2, 0.25) is 5.91 Å². The number of ether oxygens (including phenoxy) is 1. The monoisotopic (exact) mass is 394 g/mol. The van der Waals surface area contributed by atoms with Crippen LogP contribution in [0.15, 0.2) is 48.8 Å². The van der Waals surface area contributed by atoms with Crippen molar-refractivity contribution in [3.63, 3.8) is 0 Å². The molecular weight excluding hydrogens is 368 g/mol. The molecule has 1 aliphatic heterocycles. The van der Waals surface area contributed by atoms with Crippen molar-refractivity contribution in [1.29, 1.82) is 0 Å². The van der Waals surface area contributed by atoms with Gasteiger partial charge in [0, 0.05) is 18.9 Å². The maximum absolute atomic E-state index is 12.3. The first-order valence-electron chi connectivity index (χ1n) is 9.63. The van der Waals surface area contributed by atoms with Crippen LogP contribution >= 0.6 is 0 Å². The Kier molecular flexibility index (Phi) is 6.26. The lowest BCUT2D eigenvalue weighted by Gasteiger charge is -2.30. The molecule has 0 spiro atoms. The van der Waals surface area contributed by atoms with Gasteiger partial charge >= 0.3 is 6.09 Å². The fraction of sp³-hybridized carbons (Fsp3) is 0.364. The average molecular weight is 394 g/mol. The molecule has 7 nitrogen and oxygen atoms in total. The number of rotatable bonds is 4. The van der Waals surface area contributed by atoms with E-state index in [2.05, 4.69) is 21.4 Å². The van der Waals surface area contributed by atoms with Crippen LogP contribution in [0.4, 0.5) is 10.6 Å². The highest BCUT2D eigenvalue weighted by Crippen LogP contribution is 2.21. The number of nitrogens with one attached hydrogen (secondary N) is 1. The molecule has 3 rings (SSSR count). The van der Waals surface area contributed by atoms with E-state index in [1.54, 1.807) is 29.4 Å². The van der Waals surface area contributed by atoms with Crippen LogP contribution in [0.1, 0.15) is 38.4 Å². The van der Waals surface area contributed by atoms with Gasteiger partial charge in [-0.1, -0.05) is 18.2 Å². The molecule has 1 N–H and O–H groups in total. The fourth-order valence-electron chi connectivity index (χ4n) is 2.94. The maximum atomic E-state index is 12.3. The van der Waals surface area contributed by atoms with Gasteiger partial charge in [-0.25, -0.2) is 9.78 Å². The number of nitrogens with zero attached hydrogens (tertiary/aromatic N) is 3. The summed E-state index contributed by atoms with van der Waals surface area (Å²) in [5.74, 6) is 0.378. The molecule has 0 saturated heterocycles. The van der Waals surface area contributed by atoms with E-state index in [0.29, 0.717) is 18.9 Å². The zero-order valence-corrected chi connectivity index (χ0v) is 17.0. The summed E-state index contributed by atoms with van der Waals surface area (Å²) in [7, 11) is 0. The second-order valence-electron chi connectivity index (χ2n) is 7.91. The van der Waals surface area contributed by atoms with Gasteiger partial charge in [-0.2, -0.15) is 0 Å². The number of hydrogen-bond donors (Lipinski definition) is 1. The number of anilines is 1. The van der Waals surface area contributed by atoms with E-state index in [-0.39, 0.29) is 18.4 Å². The number of hydrogen-bond acceptors (Lipinski definition) is 5. The Morgan fingerprint density at radius 3 is 2.66 bits per heavy atom. The summed E-state index contributed by atoms with van der Waals surface area (Å²) in [5, 5.41) is 2.76. The normalized spacial score (nSPS) is 14.2. The summed E-state index contributed by atoms with van der Waals surface area (Å²) < 4.78 is 5.46. The molecule has 29 heavy (non-hydrogen) atoms. The topological polar surface area (TPSA) is 84.4 Å². The van der Waals surface area contributed by atoms with Gasteiger partial charge in [-0.05, 0) is 56.5 Å². The van der Waals surface area contributed by atoms with Crippen LogP contribution in [-0.2, 0) is 16.0 Å². The van der Waals surface area contributed by atoms with Crippen molar-refractivity contribution in [1.82, 2.24) is 14.9 Å². The highest BCUT2D eigenvalue weighted by Gasteiger charge is 2.25. The van der Waals surface area contributed by atoms with Gasteiger partial charge in [0.05, 0.1) is 18.7 Å². The van der Waals surface area contributed by atoms with Gasteiger partial charge < -0.3 is 15.0 Å². The van der Waals surface area contributed by atoms with Gasteiger partial charge in [0.25, 0.3) is 0 Å². The summed E-state index contributed by atoms with van der Waals surface area (Å²) >= 11 is 0. The Balaban J connectivity index is 1.59. The molecule has 0 aliphatic carbocycles. The van der Waals surface area contributed by atoms with E-state index >= 15 is 0 Å². The Bertz CT molecular complexity index is 887. The van der Waals surface area contributed by atoms with Crippen LogP contribution in [0.3, 0.4) is 0 Å². The third-order valence-corrected chi connectivity index (χ3v) is 4.25. The SMILES string of the molecule is CC(C)(C)OC(=O)N1CCC=C(c2ccc(CC(=O)Nc3ccccn3)cn2)C1. The van der Waals surface area contributed by atoms with Crippen LogP contribution < -0.4 is 5.32 Å². The second kappa shape index (κ2) is 8.86. The minimum atomic E-state index is -0.520. The van der Waals surface area contributed by atoms with Crippen LogP contribution in [-0.4, -0.2) is 45.6 Å². The predicted molar refractivity (Wildman–Crippen MR) is 111 cm³/mol. The molecule has 0 aromatic carbocycles. The van der Waals surface area contributed by atoms with Crippen LogP contribution in [0.25, 0.3) is 5.57 Å². The number of aromatic nitrogens is 2. The smallest absolute Gasteiger partial charge is 0.410 e. The van der Waals surface area contributed by atoms with Crippen molar-refractivity contribution >= 4 is 23.4 Å². The number of amides is 2. The molecule has 2 aromatic rings. The van der Waals surface area contributed by atoms with Crippen molar-refractivity contribution in [2.24, 2.45) is 0 Å².